The van der Waals surface area contributed by atoms with Crippen LogP contribution in [0, 0.1) is 0 Å². The summed E-state index contributed by atoms with van der Waals surface area (Å²) in [5.41, 5.74) is 1.05. The minimum absolute atomic E-state index is 0.0157. The summed E-state index contributed by atoms with van der Waals surface area (Å²) < 4.78 is 0. The zero-order valence-electron chi connectivity index (χ0n) is 13.9. The van der Waals surface area contributed by atoms with E-state index in [1.54, 1.807) is 0 Å². The Morgan fingerprint density at radius 2 is 1.96 bits per heavy atom. The van der Waals surface area contributed by atoms with Crippen molar-refractivity contribution in [1.29, 1.82) is 0 Å². The van der Waals surface area contributed by atoms with E-state index >= 15 is 0 Å². The van der Waals surface area contributed by atoms with Gasteiger partial charge in [-0.2, -0.15) is 11.8 Å². The number of thioether (sulfide) groups is 1. The zero-order chi connectivity index (χ0) is 16.8. The van der Waals surface area contributed by atoms with Gasteiger partial charge >= 0.3 is 6.03 Å². The molecule has 24 heavy (non-hydrogen) atoms. The standard InChI is InChI=1S/C18H25N3O2S/c22-17-8-4-9-21(17)14-16(15-6-2-1-3-7-15)19-18(23)20-10-5-12-24-13-11-20/h1-3,6-7,16H,4-5,8-14H2,(H,19,23). The van der Waals surface area contributed by atoms with Crippen LogP contribution in [-0.4, -0.2) is 59.4 Å². The molecule has 0 bridgehead atoms. The van der Waals surface area contributed by atoms with Gasteiger partial charge in [0.05, 0.1) is 6.04 Å². The van der Waals surface area contributed by atoms with Crippen molar-refractivity contribution in [3.8, 4) is 0 Å². The van der Waals surface area contributed by atoms with Gasteiger partial charge in [-0.1, -0.05) is 30.3 Å². The molecule has 6 heteroatoms. The van der Waals surface area contributed by atoms with Crippen LogP contribution in [0.1, 0.15) is 30.9 Å². The molecule has 2 fully saturated rings. The maximum absolute atomic E-state index is 12.7. The van der Waals surface area contributed by atoms with Crippen LogP contribution in [-0.2, 0) is 4.79 Å². The molecule has 2 aliphatic heterocycles. The van der Waals surface area contributed by atoms with Crippen LogP contribution in [0.15, 0.2) is 30.3 Å². The van der Waals surface area contributed by atoms with E-state index in [4.69, 9.17) is 0 Å². The Bertz CT molecular complexity index is 559. The number of likely N-dealkylation sites (tertiary alicyclic amines) is 1. The molecular weight excluding hydrogens is 322 g/mol. The van der Waals surface area contributed by atoms with Crippen molar-refractivity contribution in [3.05, 3.63) is 35.9 Å². The second-order valence-electron chi connectivity index (χ2n) is 6.31. The van der Waals surface area contributed by atoms with E-state index in [0.717, 1.165) is 49.5 Å². The fourth-order valence-electron chi connectivity index (χ4n) is 3.23. The summed E-state index contributed by atoms with van der Waals surface area (Å²) in [6.45, 7) is 2.94. The first-order valence-corrected chi connectivity index (χ1v) is 9.85. The van der Waals surface area contributed by atoms with E-state index in [2.05, 4.69) is 5.32 Å². The summed E-state index contributed by atoms with van der Waals surface area (Å²) in [6.07, 6.45) is 2.58. The highest BCUT2D eigenvalue weighted by atomic mass is 32.2. The monoisotopic (exact) mass is 347 g/mol. The Morgan fingerprint density at radius 1 is 1.12 bits per heavy atom. The number of carbonyl (C=O) groups excluding carboxylic acids is 2. The van der Waals surface area contributed by atoms with E-state index in [9.17, 15) is 9.59 Å². The lowest BCUT2D eigenvalue weighted by atomic mass is 10.1. The first-order valence-electron chi connectivity index (χ1n) is 8.70. The van der Waals surface area contributed by atoms with Crippen LogP contribution >= 0.6 is 11.8 Å². The SMILES string of the molecule is O=C1CCCN1CC(NC(=O)N1CCCSCC1)c1ccccc1. The van der Waals surface area contributed by atoms with Crippen LogP contribution in [0.2, 0.25) is 0 Å². The smallest absolute Gasteiger partial charge is 0.317 e. The van der Waals surface area contributed by atoms with Gasteiger partial charge in [-0.3, -0.25) is 4.79 Å². The van der Waals surface area contributed by atoms with Gasteiger partial charge in [-0.15, -0.1) is 0 Å². The molecule has 1 aromatic carbocycles. The number of amides is 3. The van der Waals surface area contributed by atoms with E-state index in [0.29, 0.717) is 13.0 Å². The molecule has 1 atom stereocenters. The van der Waals surface area contributed by atoms with Gasteiger partial charge in [0, 0.05) is 38.4 Å². The predicted molar refractivity (Wildman–Crippen MR) is 97.0 cm³/mol. The average molecular weight is 347 g/mol. The Morgan fingerprint density at radius 3 is 2.71 bits per heavy atom. The van der Waals surface area contributed by atoms with Gasteiger partial charge in [0.1, 0.15) is 0 Å². The van der Waals surface area contributed by atoms with Crippen molar-refractivity contribution in [2.75, 3.05) is 37.7 Å². The molecule has 0 spiro atoms. The molecule has 2 heterocycles. The topological polar surface area (TPSA) is 52.7 Å². The fourth-order valence-corrected chi connectivity index (χ4v) is 4.11. The van der Waals surface area contributed by atoms with Crippen molar-refractivity contribution in [2.24, 2.45) is 0 Å². The number of rotatable bonds is 4. The number of urea groups is 1. The van der Waals surface area contributed by atoms with Crippen molar-refractivity contribution in [2.45, 2.75) is 25.3 Å². The highest BCUT2D eigenvalue weighted by Crippen LogP contribution is 2.19. The number of nitrogens with one attached hydrogen (secondary N) is 1. The van der Waals surface area contributed by atoms with Gasteiger partial charge in [0.15, 0.2) is 0 Å². The van der Waals surface area contributed by atoms with Crippen LogP contribution in [0.25, 0.3) is 0 Å². The molecule has 130 valence electrons. The van der Waals surface area contributed by atoms with Crippen LogP contribution in [0.3, 0.4) is 0 Å². The zero-order valence-corrected chi connectivity index (χ0v) is 14.8. The van der Waals surface area contributed by atoms with E-state index in [-0.39, 0.29) is 18.0 Å². The highest BCUT2D eigenvalue weighted by Gasteiger charge is 2.26. The predicted octanol–water partition coefficient (Wildman–Crippen LogP) is 2.50. The molecule has 1 aromatic rings. The average Bonchev–Trinajstić information content (AvgIpc) is 2.85. The van der Waals surface area contributed by atoms with Crippen LogP contribution in [0.5, 0.6) is 0 Å². The lowest BCUT2D eigenvalue weighted by molar-refractivity contribution is -0.128. The fraction of sp³-hybridized carbons (Fsp3) is 0.556. The second kappa shape index (κ2) is 8.42. The van der Waals surface area contributed by atoms with E-state index in [1.807, 2.05) is 51.9 Å². The molecule has 3 rings (SSSR count). The summed E-state index contributed by atoms with van der Waals surface area (Å²) in [6, 6.07) is 9.78. The quantitative estimate of drug-likeness (QED) is 0.910. The van der Waals surface area contributed by atoms with Crippen molar-refractivity contribution in [1.82, 2.24) is 15.1 Å². The lowest BCUT2D eigenvalue weighted by Crippen LogP contribution is -2.45. The van der Waals surface area contributed by atoms with Crippen molar-refractivity contribution in [3.63, 3.8) is 0 Å². The first-order chi connectivity index (χ1) is 11.7. The van der Waals surface area contributed by atoms with E-state index < -0.39 is 0 Å². The van der Waals surface area contributed by atoms with Gasteiger partial charge in [-0.25, -0.2) is 4.79 Å². The molecule has 0 aliphatic carbocycles. The third-order valence-electron chi connectivity index (χ3n) is 4.58. The maximum atomic E-state index is 12.7. The minimum atomic E-state index is -0.156. The molecule has 0 saturated carbocycles. The summed E-state index contributed by atoms with van der Waals surface area (Å²) in [5, 5.41) is 3.16. The Kier molecular flexibility index (Phi) is 6.01. The Hall–Kier alpha value is -1.69. The number of nitrogens with zero attached hydrogens (tertiary/aromatic N) is 2. The van der Waals surface area contributed by atoms with Crippen LogP contribution in [0.4, 0.5) is 4.79 Å². The molecular formula is C18H25N3O2S. The molecule has 0 aromatic heterocycles. The first kappa shape index (κ1) is 17.1. The third kappa shape index (κ3) is 4.44. The number of carbonyl (C=O) groups is 2. The second-order valence-corrected chi connectivity index (χ2v) is 7.53. The summed E-state index contributed by atoms with van der Waals surface area (Å²) >= 11 is 1.90. The molecule has 2 aliphatic rings. The molecule has 0 radical (unpaired) electrons. The third-order valence-corrected chi connectivity index (χ3v) is 5.63. The normalized spacial score (nSPS) is 19.9. The molecule has 1 N–H and O–H groups in total. The van der Waals surface area contributed by atoms with Gasteiger partial charge in [-0.05, 0) is 24.2 Å². The highest BCUT2D eigenvalue weighted by molar-refractivity contribution is 7.99. The van der Waals surface area contributed by atoms with Crippen molar-refractivity contribution < 1.29 is 9.59 Å². The van der Waals surface area contributed by atoms with Gasteiger partial charge in [0.25, 0.3) is 0 Å². The van der Waals surface area contributed by atoms with Gasteiger partial charge < -0.3 is 15.1 Å². The maximum Gasteiger partial charge on any atom is 0.317 e. The molecule has 2 saturated heterocycles. The van der Waals surface area contributed by atoms with Crippen LogP contribution < -0.4 is 5.32 Å². The Balaban J connectivity index is 1.69. The number of hydrogen-bond acceptors (Lipinski definition) is 3. The van der Waals surface area contributed by atoms with Crippen molar-refractivity contribution >= 4 is 23.7 Å². The van der Waals surface area contributed by atoms with E-state index in [1.165, 1.54) is 0 Å². The lowest BCUT2D eigenvalue weighted by Gasteiger charge is -2.28. The minimum Gasteiger partial charge on any atom is -0.340 e. The summed E-state index contributed by atoms with van der Waals surface area (Å²) in [4.78, 5) is 28.4. The molecule has 3 amide bonds. The molecule has 1 unspecified atom stereocenters. The molecule has 5 nitrogen and oxygen atoms in total. The largest absolute Gasteiger partial charge is 0.340 e. The summed E-state index contributed by atoms with van der Waals surface area (Å²) in [5.74, 6) is 2.30. The summed E-state index contributed by atoms with van der Waals surface area (Å²) in [7, 11) is 0. The van der Waals surface area contributed by atoms with Gasteiger partial charge in [0.2, 0.25) is 5.91 Å². The number of hydrogen-bond donors (Lipinski definition) is 1. The Labute approximate surface area is 147 Å². The number of benzene rings is 1.